The molecule has 0 unspecified atom stereocenters. The first-order chi connectivity index (χ1) is 11.0. The molecule has 1 fully saturated rings. The summed E-state index contributed by atoms with van der Waals surface area (Å²) in [4.78, 5) is 27.4. The average Bonchev–Trinajstić information content (AvgIpc) is 2.92. The summed E-state index contributed by atoms with van der Waals surface area (Å²) in [7, 11) is 1.81. The number of hydrogen-bond donors (Lipinski definition) is 2. The number of rotatable bonds is 3. The van der Waals surface area contributed by atoms with Gasteiger partial charge in [-0.1, -0.05) is 24.3 Å². The molecule has 23 heavy (non-hydrogen) atoms. The fourth-order valence-corrected chi connectivity index (χ4v) is 3.82. The lowest BCUT2D eigenvalue weighted by molar-refractivity contribution is -0.142. The molecule has 2 heterocycles. The summed E-state index contributed by atoms with van der Waals surface area (Å²) < 4.78 is 0. The smallest absolute Gasteiger partial charge is 0.243 e. The Labute approximate surface area is 137 Å². The number of amides is 2. The van der Waals surface area contributed by atoms with E-state index in [1.54, 1.807) is 0 Å². The Morgan fingerprint density at radius 3 is 2.70 bits per heavy atom. The Bertz CT molecular complexity index is 614. The van der Waals surface area contributed by atoms with E-state index in [1.807, 2.05) is 37.9 Å². The van der Waals surface area contributed by atoms with Crippen molar-refractivity contribution in [3.63, 3.8) is 0 Å². The van der Waals surface area contributed by atoms with Gasteiger partial charge in [-0.05, 0) is 51.3 Å². The van der Waals surface area contributed by atoms with Crippen LogP contribution in [0.15, 0.2) is 24.3 Å². The quantitative estimate of drug-likeness (QED) is 0.886. The third-order valence-electron chi connectivity index (χ3n) is 4.86. The van der Waals surface area contributed by atoms with Crippen molar-refractivity contribution in [2.75, 3.05) is 7.05 Å². The molecule has 0 bridgehead atoms. The molecule has 0 saturated carbocycles. The number of carbonyl (C=O) groups excluding carboxylic acids is 2. The van der Waals surface area contributed by atoms with Crippen molar-refractivity contribution in [3.8, 4) is 0 Å². The van der Waals surface area contributed by atoms with Crippen LogP contribution < -0.4 is 10.6 Å². The van der Waals surface area contributed by atoms with Crippen LogP contribution in [0, 0.1) is 0 Å². The van der Waals surface area contributed by atoms with Crippen LogP contribution in [0.2, 0.25) is 0 Å². The average molecular weight is 315 g/mol. The number of nitrogens with one attached hydrogen (secondary N) is 2. The normalized spacial score (nSPS) is 26.7. The van der Waals surface area contributed by atoms with Crippen LogP contribution in [0.25, 0.3) is 0 Å². The Morgan fingerprint density at radius 2 is 2.00 bits per heavy atom. The second kappa shape index (κ2) is 6.32. The summed E-state index contributed by atoms with van der Waals surface area (Å²) in [5.74, 6) is 0.000176. The molecule has 124 valence electrons. The van der Waals surface area contributed by atoms with Gasteiger partial charge in [0.15, 0.2) is 0 Å². The standard InChI is InChI=1S/C18H25N3O2/c1-11(2)20-17(22)16-9-8-15-13-7-5-4-6-12(13)10-14(19-3)18(23)21(15)16/h4-7,11,14-16,19H,8-10H2,1-3H3,(H,20,22)/t14-,15-,16+/m1/s1. The van der Waals surface area contributed by atoms with E-state index in [0.29, 0.717) is 6.42 Å². The highest BCUT2D eigenvalue weighted by atomic mass is 16.2. The minimum absolute atomic E-state index is 0.0139. The molecule has 2 aliphatic rings. The number of fused-ring (bicyclic) bond motifs is 3. The van der Waals surface area contributed by atoms with Crippen molar-refractivity contribution in [3.05, 3.63) is 35.4 Å². The minimum Gasteiger partial charge on any atom is -0.352 e. The van der Waals surface area contributed by atoms with Gasteiger partial charge in [-0.25, -0.2) is 0 Å². The predicted molar refractivity (Wildman–Crippen MR) is 88.9 cm³/mol. The van der Waals surface area contributed by atoms with E-state index in [1.165, 1.54) is 11.1 Å². The third kappa shape index (κ3) is 2.85. The van der Waals surface area contributed by atoms with Gasteiger partial charge < -0.3 is 15.5 Å². The van der Waals surface area contributed by atoms with E-state index in [-0.39, 0.29) is 36.0 Å². The van der Waals surface area contributed by atoms with E-state index < -0.39 is 0 Å². The molecular formula is C18H25N3O2. The Morgan fingerprint density at radius 1 is 1.26 bits per heavy atom. The first-order valence-electron chi connectivity index (χ1n) is 8.40. The van der Waals surface area contributed by atoms with Gasteiger partial charge in [0.05, 0.1) is 12.1 Å². The lowest BCUT2D eigenvalue weighted by atomic mass is 9.96. The second-order valence-electron chi connectivity index (χ2n) is 6.76. The molecule has 0 aliphatic carbocycles. The molecule has 5 heteroatoms. The lowest BCUT2D eigenvalue weighted by Gasteiger charge is -2.31. The van der Waals surface area contributed by atoms with Gasteiger partial charge in [0.1, 0.15) is 6.04 Å². The van der Waals surface area contributed by atoms with Crippen LogP contribution in [0.1, 0.15) is 43.9 Å². The monoisotopic (exact) mass is 315 g/mol. The SMILES string of the molecule is CN[C@@H]1Cc2ccccc2[C@H]2CC[C@@H](C(=O)NC(C)C)N2C1=O. The highest BCUT2D eigenvalue weighted by Crippen LogP contribution is 2.40. The number of benzene rings is 1. The molecule has 5 nitrogen and oxygen atoms in total. The van der Waals surface area contributed by atoms with Crippen molar-refractivity contribution < 1.29 is 9.59 Å². The topological polar surface area (TPSA) is 61.4 Å². The summed E-state index contributed by atoms with van der Waals surface area (Å²) in [5, 5.41) is 6.09. The van der Waals surface area contributed by atoms with Crippen molar-refractivity contribution in [1.29, 1.82) is 0 Å². The first-order valence-corrected chi connectivity index (χ1v) is 8.40. The van der Waals surface area contributed by atoms with Crippen LogP contribution >= 0.6 is 0 Å². The van der Waals surface area contributed by atoms with Crippen molar-refractivity contribution >= 4 is 11.8 Å². The summed E-state index contributed by atoms with van der Waals surface area (Å²) >= 11 is 0. The number of carbonyl (C=O) groups is 2. The second-order valence-corrected chi connectivity index (χ2v) is 6.76. The Kier molecular flexibility index (Phi) is 4.39. The molecule has 0 radical (unpaired) electrons. The maximum atomic E-state index is 13.0. The van der Waals surface area contributed by atoms with Crippen LogP contribution in [-0.4, -0.2) is 41.9 Å². The Hall–Kier alpha value is -1.88. The molecule has 3 atom stereocenters. The van der Waals surface area contributed by atoms with Gasteiger partial charge in [0.25, 0.3) is 0 Å². The third-order valence-corrected chi connectivity index (χ3v) is 4.86. The van der Waals surface area contributed by atoms with Crippen molar-refractivity contribution in [1.82, 2.24) is 15.5 Å². The Balaban J connectivity index is 1.98. The number of hydrogen-bond acceptors (Lipinski definition) is 3. The fourth-order valence-electron chi connectivity index (χ4n) is 3.82. The molecule has 2 N–H and O–H groups in total. The van der Waals surface area contributed by atoms with Crippen molar-refractivity contribution in [2.24, 2.45) is 0 Å². The molecule has 3 rings (SSSR count). The predicted octanol–water partition coefficient (Wildman–Crippen LogP) is 1.39. The molecule has 2 aliphatic heterocycles. The molecule has 0 spiro atoms. The summed E-state index contributed by atoms with van der Waals surface area (Å²) in [6.07, 6.45) is 2.24. The maximum Gasteiger partial charge on any atom is 0.243 e. The molecule has 1 aromatic carbocycles. The first kappa shape index (κ1) is 16.0. The van der Waals surface area contributed by atoms with Gasteiger partial charge in [0, 0.05) is 6.04 Å². The molecule has 1 aromatic rings. The zero-order chi connectivity index (χ0) is 16.6. The zero-order valence-electron chi connectivity index (χ0n) is 14.0. The number of likely N-dealkylation sites (N-methyl/N-ethyl adjacent to an activating group) is 1. The van der Waals surface area contributed by atoms with Gasteiger partial charge >= 0.3 is 0 Å². The zero-order valence-corrected chi connectivity index (χ0v) is 14.0. The van der Waals surface area contributed by atoms with E-state index in [0.717, 1.165) is 12.8 Å². The van der Waals surface area contributed by atoms with Crippen molar-refractivity contribution in [2.45, 2.75) is 57.3 Å². The highest BCUT2D eigenvalue weighted by molar-refractivity contribution is 5.91. The summed E-state index contributed by atoms with van der Waals surface area (Å²) in [6.45, 7) is 3.89. The summed E-state index contributed by atoms with van der Waals surface area (Å²) in [6, 6.07) is 7.69. The summed E-state index contributed by atoms with van der Waals surface area (Å²) in [5.41, 5.74) is 2.40. The highest BCUT2D eigenvalue weighted by Gasteiger charge is 2.45. The lowest BCUT2D eigenvalue weighted by Crippen LogP contribution is -2.52. The van der Waals surface area contributed by atoms with Gasteiger partial charge in [-0.2, -0.15) is 0 Å². The molecule has 1 saturated heterocycles. The molecule has 0 aromatic heterocycles. The molecule has 2 amide bonds. The van der Waals surface area contributed by atoms with Crippen LogP contribution in [-0.2, 0) is 16.0 Å². The van der Waals surface area contributed by atoms with Gasteiger partial charge in [-0.15, -0.1) is 0 Å². The fraction of sp³-hybridized carbons (Fsp3) is 0.556. The maximum absolute atomic E-state index is 13.0. The molecular weight excluding hydrogens is 290 g/mol. The van der Waals surface area contributed by atoms with Gasteiger partial charge in [-0.3, -0.25) is 9.59 Å². The van der Waals surface area contributed by atoms with E-state index in [9.17, 15) is 9.59 Å². The largest absolute Gasteiger partial charge is 0.352 e. The van der Waals surface area contributed by atoms with E-state index in [4.69, 9.17) is 0 Å². The van der Waals surface area contributed by atoms with E-state index in [2.05, 4.69) is 22.8 Å². The van der Waals surface area contributed by atoms with Gasteiger partial charge in [0.2, 0.25) is 11.8 Å². The van der Waals surface area contributed by atoms with Crippen LogP contribution in [0.5, 0.6) is 0 Å². The number of nitrogens with zero attached hydrogens (tertiary/aromatic N) is 1. The van der Waals surface area contributed by atoms with E-state index >= 15 is 0 Å². The van der Waals surface area contributed by atoms with Crippen LogP contribution in [0.3, 0.4) is 0 Å². The van der Waals surface area contributed by atoms with Crippen LogP contribution in [0.4, 0.5) is 0 Å². The minimum atomic E-state index is -0.364.